The molecule has 2 amide bonds. The second kappa shape index (κ2) is 8.96. The van der Waals surface area contributed by atoms with Crippen molar-refractivity contribution in [2.45, 2.75) is 32.4 Å². The van der Waals surface area contributed by atoms with Crippen molar-refractivity contribution < 1.29 is 9.59 Å². The van der Waals surface area contributed by atoms with Crippen LogP contribution in [0, 0.1) is 6.92 Å². The van der Waals surface area contributed by atoms with Crippen LogP contribution in [0.25, 0.3) is 22.2 Å². The van der Waals surface area contributed by atoms with Crippen molar-refractivity contribution in [3.05, 3.63) is 77.6 Å². The van der Waals surface area contributed by atoms with Crippen LogP contribution < -0.4 is 16.0 Å². The van der Waals surface area contributed by atoms with Crippen molar-refractivity contribution in [1.29, 1.82) is 0 Å². The lowest BCUT2D eigenvalue weighted by Gasteiger charge is -2.20. The van der Waals surface area contributed by atoms with Crippen molar-refractivity contribution in [2.75, 3.05) is 11.4 Å². The average Bonchev–Trinajstić information content (AvgIpc) is 3.43. The SMILES string of the molecule is Cc1ccc(N2CCC(N)C2=O)cc1C(=O)N[C@H](C)c1cc(-c2cnn(C)c2)nc2ccccc12. The van der Waals surface area contributed by atoms with Gasteiger partial charge in [-0.3, -0.25) is 14.3 Å². The van der Waals surface area contributed by atoms with Gasteiger partial charge in [-0.05, 0) is 55.7 Å². The number of nitrogens with one attached hydrogen (secondary N) is 1. The molecule has 1 saturated heterocycles. The fraction of sp³-hybridized carbons (Fsp3) is 0.259. The molecule has 0 aliphatic carbocycles. The first-order valence-corrected chi connectivity index (χ1v) is 11.7. The van der Waals surface area contributed by atoms with E-state index in [0.29, 0.717) is 24.2 Å². The van der Waals surface area contributed by atoms with Gasteiger partial charge in [0.1, 0.15) is 0 Å². The number of para-hydroxylation sites is 1. The fourth-order valence-electron chi connectivity index (χ4n) is 4.59. The highest BCUT2D eigenvalue weighted by atomic mass is 16.2. The molecule has 5 rings (SSSR count). The molecule has 178 valence electrons. The van der Waals surface area contributed by atoms with Crippen molar-refractivity contribution in [3.8, 4) is 11.3 Å². The summed E-state index contributed by atoms with van der Waals surface area (Å²) in [4.78, 5) is 32.2. The third kappa shape index (κ3) is 4.28. The number of rotatable bonds is 5. The van der Waals surface area contributed by atoms with Gasteiger partial charge in [0, 0.05) is 42.0 Å². The second-order valence-corrected chi connectivity index (χ2v) is 9.10. The van der Waals surface area contributed by atoms with E-state index >= 15 is 0 Å². The highest BCUT2D eigenvalue weighted by molar-refractivity contribution is 6.02. The third-order valence-electron chi connectivity index (χ3n) is 6.59. The molecule has 0 spiro atoms. The lowest BCUT2D eigenvalue weighted by molar-refractivity contribution is -0.118. The van der Waals surface area contributed by atoms with E-state index in [0.717, 1.165) is 33.3 Å². The van der Waals surface area contributed by atoms with Gasteiger partial charge < -0.3 is 16.0 Å². The molecule has 0 bridgehead atoms. The second-order valence-electron chi connectivity index (χ2n) is 9.10. The molecule has 0 saturated carbocycles. The number of nitrogens with two attached hydrogens (primary N) is 1. The molecular formula is C27H28N6O2. The van der Waals surface area contributed by atoms with Crippen LogP contribution in [0.4, 0.5) is 5.69 Å². The molecule has 1 aliphatic rings. The Morgan fingerprint density at radius 3 is 2.71 bits per heavy atom. The van der Waals surface area contributed by atoms with Crippen LogP contribution in [-0.4, -0.2) is 39.2 Å². The average molecular weight is 469 g/mol. The van der Waals surface area contributed by atoms with Crippen LogP contribution in [0.3, 0.4) is 0 Å². The Kier molecular flexibility index (Phi) is 5.82. The number of benzene rings is 2. The molecule has 1 aliphatic heterocycles. The molecule has 2 aromatic heterocycles. The number of pyridine rings is 1. The molecule has 2 atom stereocenters. The van der Waals surface area contributed by atoms with Gasteiger partial charge in [-0.25, -0.2) is 4.98 Å². The number of anilines is 1. The van der Waals surface area contributed by atoms with Crippen LogP contribution >= 0.6 is 0 Å². The van der Waals surface area contributed by atoms with Crippen molar-refractivity contribution in [2.24, 2.45) is 12.8 Å². The first-order chi connectivity index (χ1) is 16.8. The van der Waals surface area contributed by atoms with Crippen LogP contribution in [0.15, 0.2) is 60.9 Å². The molecule has 1 fully saturated rings. The fourth-order valence-corrected chi connectivity index (χ4v) is 4.59. The van der Waals surface area contributed by atoms with Gasteiger partial charge in [0.05, 0.1) is 29.5 Å². The molecule has 35 heavy (non-hydrogen) atoms. The topological polar surface area (TPSA) is 106 Å². The molecule has 3 N–H and O–H groups in total. The summed E-state index contributed by atoms with van der Waals surface area (Å²) >= 11 is 0. The van der Waals surface area contributed by atoms with Crippen molar-refractivity contribution >= 4 is 28.4 Å². The van der Waals surface area contributed by atoms with E-state index < -0.39 is 6.04 Å². The van der Waals surface area contributed by atoms with E-state index in [2.05, 4.69) is 10.4 Å². The summed E-state index contributed by atoms with van der Waals surface area (Å²) in [6.07, 6.45) is 4.31. The van der Waals surface area contributed by atoms with Crippen LogP contribution in [-0.2, 0) is 11.8 Å². The maximum Gasteiger partial charge on any atom is 0.252 e. The van der Waals surface area contributed by atoms with Gasteiger partial charge in [0.2, 0.25) is 5.91 Å². The summed E-state index contributed by atoms with van der Waals surface area (Å²) in [6, 6.07) is 14.7. The molecule has 8 nitrogen and oxygen atoms in total. The van der Waals surface area contributed by atoms with E-state index in [1.807, 2.05) is 69.6 Å². The minimum Gasteiger partial charge on any atom is -0.345 e. The van der Waals surface area contributed by atoms with Crippen LogP contribution in [0.1, 0.15) is 40.9 Å². The summed E-state index contributed by atoms with van der Waals surface area (Å²) in [5.41, 5.74) is 11.5. The molecular weight excluding hydrogens is 440 g/mol. The minimum atomic E-state index is -0.484. The van der Waals surface area contributed by atoms with E-state index in [9.17, 15) is 9.59 Å². The number of fused-ring (bicyclic) bond motifs is 1. The number of amides is 2. The molecule has 1 unspecified atom stereocenters. The maximum absolute atomic E-state index is 13.4. The number of hydrogen-bond donors (Lipinski definition) is 2. The van der Waals surface area contributed by atoms with Crippen molar-refractivity contribution in [3.63, 3.8) is 0 Å². The Hall–Kier alpha value is -4.04. The van der Waals surface area contributed by atoms with E-state index in [1.54, 1.807) is 21.8 Å². The Morgan fingerprint density at radius 2 is 2.00 bits per heavy atom. The molecule has 0 radical (unpaired) electrons. The molecule has 3 heterocycles. The van der Waals surface area contributed by atoms with Crippen molar-refractivity contribution in [1.82, 2.24) is 20.1 Å². The lowest BCUT2D eigenvalue weighted by atomic mass is 9.99. The first kappa shape index (κ1) is 22.7. The number of carbonyl (C=O) groups is 2. The summed E-state index contributed by atoms with van der Waals surface area (Å²) in [7, 11) is 1.87. The maximum atomic E-state index is 13.4. The zero-order valence-electron chi connectivity index (χ0n) is 20.0. The molecule has 8 heteroatoms. The monoisotopic (exact) mass is 468 g/mol. The number of aryl methyl sites for hydroxylation is 2. The van der Waals surface area contributed by atoms with Crippen LogP contribution in [0.5, 0.6) is 0 Å². The lowest BCUT2D eigenvalue weighted by Crippen LogP contribution is -2.34. The zero-order valence-corrected chi connectivity index (χ0v) is 20.0. The largest absolute Gasteiger partial charge is 0.345 e. The number of nitrogens with zero attached hydrogens (tertiary/aromatic N) is 4. The number of carbonyl (C=O) groups excluding carboxylic acids is 2. The Bertz CT molecular complexity index is 1440. The first-order valence-electron chi connectivity index (χ1n) is 11.7. The quantitative estimate of drug-likeness (QED) is 0.466. The highest BCUT2D eigenvalue weighted by Gasteiger charge is 2.30. The van der Waals surface area contributed by atoms with E-state index in [-0.39, 0.29) is 17.9 Å². The predicted molar refractivity (Wildman–Crippen MR) is 136 cm³/mol. The third-order valence-corrected chi connectivity index (χ3v) is 6.59. The minimum absolute atomic E-state index is 0.111. The van der Waals surface area contributed by atoms with Gasteiger partial charge >= 0.3 is 0 Å². The summed E-state index contributed by atoms with van der Waals surface area (Å²) < 4.78 is 1.74. The van der Waals surface area contributed by atoms with Gasteiger partial charge in [-0.1, -0.05) is 24.3 Å². The summed E-state index contributed by atoms with van der Waals surface area (Å²) in [6.45, 7) is 4.42. The Morgan fingerprint density at radius 1 is 1.20 bits per heavy atom. The van der Waals surface area contributed by atoms with Gasteiger partial charge in [-0.2, -0.15) is 5.10 Å². The van der Waals surface area contributed by atoms with E-state index in [1.165, 1.54) is 0 Å². The van der Waals surface area contributed by atoms with Gasteiger partial charge in [0.15, 0.2) is 0 Å². The zero-order chi connectivity index (χ0) is 24.7. The van der Waals surface area contributed by atoms with E-state index in [4.69, 9.17) is 10.7 Å². The summed E-state index contributed by atoms with van der Waals surface area (Å²) in [5.74, 6) is -0.309. The van der Waals surface area contributed by atoms with Gasteiger partial charge in [0.25, 0.3) is 5.91 Å². The molecule has 2 aromatic carbocycles. The summed E-state index contributed by atoms with van der Waals surface area (Å²) in [5, 5.41) is 8.40. The standard InChI is InChI=1S/C27H28N6O2/c1-16-8-9-19(33-11-10-23(28)27(33)35)12-21(16)26(34)30-17(2)22-13-25(18-14-29-32(3)15-18)31-24-7-5-4-6-20(22)24/h4-9,12-15,17,23H,10-11,28H2,1-3H3,(H,30,34)/t17-,23?/m1/s1. The smallest absolute Gasteiger partial charge is 0.252 e. The van der Waals surface area contributed by atoms with Gasteiger partial charge in [-0.15, -0.1) is 0 Å². The highest BCUT2D eigenvalue weighted by Crippen LogP contribution is 2.29. The normalized spacial score (nSPS) is 16.6. The number of aromatic nitrogens is 3. The predicted octanol–water partition coefficient (Wildman–Crippen LogP) is 3.50. The van der Waals surface area contributed by atoms with Crippen LogP contribution in [0.2, 0.25) is 0 Å². The Balaban J connectivity index is 1.47. The molecule has 4 aromatic rings. The number of hydrogen-bond acceptors (Lipinski definition) is 5. The Labute approximate surface area is 203 Å².